The van der Waals surface area contributed by atoms with Crippen LogP contribution in [-0.4, -0.2) is 44.8 Å². The van der Waals surface area contributed by atoms with E-state index in [1.807, 2.05) is 13.2 Å². The first kappa shape index (κ1) is 13.5. The fourth-order valence-corrected chi connectivity index (χ4v) is 3.15. The molecule has 1 saturated carbocycles. The summed E-state index contributed by atoms with van der Waals surface area (Å²) < 4.78 is 1.76. The number of carbonyl (C=O) groups excluding carboxylic acids is 1. The van der Waals surface area contributed by atoms with Crippen molar-refractivity contribution in [2.45, 2.75) is 31.7 Å². The highest BCUT2D eigenvalue weighted by molar-refractivity contribution is 5.86. The topological polar surface area (TPSA) is 75.9 Å². The molecule has 1 saturated heterocycles. The van der Waals surface area contributed by atoms with E-state index in [0.717, 1.165) is 55.6 Å². The number of anilines is 1. The van der Waals surface area contributed by atoms with E-state index in [4.69, 9.17) is 0 Å². The Morgan fingerprint density at radius 2 is 2.18 bits per heavy atom. The molecule has 22 heavy (non-hydrogen) atoms. The average molecular weight is 300 g/mol. The Morgan fingerprint density at radius 3 is 3.00 bits per heavy atom. The molecule has 3 heterocycles. The van der Waals surface area contributed by atoms with Gasteiger partial charge in [-0.05, 0) is 25.7 Å². The Bertz CT molecular complexity index is 707. The Labute approximate surface area is 128 Å². The van der Waals surface area contributed by atoms with Crippen LogP contribution in [0.15, 0.2) is 12.5 Å². The van der Waals surface area contributed by atoms with Crippen molar-refractivity contribution in [2.75, 3.05) is 18.0 Å². The first-order valence-corrected chi connectivity index (χ1v) is 7.90. The van der Waals surface area contributed by atoms with Gasteiger partial charge in [0.25, 0.3) is 0 Å². The van der Waals surface area contributed by atoms with E-state index in [0.29, 0.717) is 0 Å². The first-order valence-electron chi connectivity index (χ1n) is 7.90. The molecule has 7 heteroatoms. The maximum absolute atomic E-state index is 12.0. The molecular weight excluding hydrogens is 280 g/mol. The monoisotopic (exact) mass is 300 g/mol. The van der Waals surface area contributed by atoms with Crippen LogP contribution in [0.5, 0.6) is 0 Å². The van der Waals surface area contributed by atoms with Gasteiger partial charge in [0.1, 0.15) is 12.1 Å². The molecule has 1 aliphatic heterocycles. The summed E-state index contributed by atoms with van der Waals surface area (Å²) in [6.07, 6.45) is 7.59. The van der Waals surface area contributed by atoms with Crippen LogP contribution in [0.2, 0.25) is 0 Å². The summed E-state index contributed by atoms with van der Waals surface area (Å²) in [7, 11) is 1.88. The normalized spacial score (nSPS) is 22.0. The zero-order valence-electron chi connectivity index (χ0n) is 12.7. The molecule has 1 N–H and O–H groups in total. The summed E-state index contributed by atoms with van der Waals surface area (Å²) >= 11 is 0. The largest absolute Gasteiger partial charge is 0.354 e. The molecule has 1 unspecified atom stereocenters. The number of amides is 1. The van der Waals surface area contributed by atoms with Crippen LogP contribution in [0.25, 0.3) is 11.0 Å². The van der Waals surface area contributed by atoms with Gasteiger partial charge in [-0.15, -0.1) is 0 Å². The molecule has 7 nitrogen and oxygen atoms in total. The second-order valence-corrected chi connectivity index (χ2v) is 6.27. The molecule has 0 radical (unpaired) electrons. The van der Waals surface area contributed by atoms with Crippen molar-refractivity contribution in [1.82, 2.24) is 25.1 Å². The van der Waals surface area contributed by atoms with Gasteiger partial charge in [-0.25, -0.2) is 9.97 Å². The molecule has 4 rings (SSSR count). The Kier molecular flexibility index (Phi) is 3.20. The van der Waals surface area contributed by atoms with Crippen molar-refractivity contribution in [3.8, 4) is 0 Å². The van der Waals surface area contributed by atoms with Gasteiger partial charge in [0.2, 0.25) is 5.91 Å². The van der Waals surface area contributed by atoms with Crippen LogP contribution in [0, 0.1) is 5.92 Å². The lowest BCUT2D eigenvalue weighted by atomic mass is 10.1. The Hall–Kier alpha value is -2.18. The molecule has 0 aromatic carbocycles. The van der Waals surface area contributed by atoms with Gasteiger partial charge >= 0.3 is 0 Å². The van der Waals surface area contributed by atoms with Crippen LogP contribution in [0.1, 0.15) is 25.7 Å². The SMILES string of the molecule is Cn1ncc2c(N3CCCC(NC(=O)C4CC4)C3)ncnc21. The summed E-state index contributed by atoms with van der Waals surface area (Å²) in [6, 6.07) is 0.212. The number of rotatable bonds is 3. The summed E-state index contributed by atoms with van der Waals surface area (Å²) in [5.41, 5.74) is 0.842. The van der Waals surface area contributed by atoms with Crippen LogP contribution in [0.4, 0.5) is 5.82 Å². The average Bonchev–Trinajstić information content (AvgIpc) is 3.32. The number of piperidine rings is 1. The molecule has 0 spiro atoms. The Balaban J connectivity index is 1.54. The molecule has 1 amide bonds. The standard InChI is InChI=1S/C15H20N6O/c1-20-13-12(7-18-20)14(17-9-16-13)21-6-2-3-11(8-21)19-15(22)10-4-5-10/h7,9-11H,2-6,8H2,1H3,(H,19,22). The van der Waals surface area contributed by atoms with Crippen molar-refractivity contribution in [3.05, 3.63) is 12.5 Å². The first-order chi connectivity index (χ1) is 10.7. The van der Waals surface area contributed by atoms with Gasteiger partial charge in [0.05, 0.1) is 11.6 Å². The number of nitrogens with zero attached hydrogens (tertiary/aromatic N) is 5. The fraction of sp³-hybridized carbons (Fsp3) is 0.600. The third-order valence-electron chi connectivity index (χ3n) is 4.52. The predicted octanol–water partition coefficient (Wildman–Crippen LogP) is 0.858. The van der Waals surface area contributed by atoms with Gasteiger partial charge in [-0.2, -0.15) is 5.10 Å². The molecular formula is C15H20N6O. The van der Waals surface area contributed by atoms with Crippen LogP contribution in [-0.2, 0) is 11.8 Å². The maximum Gasteiger partial charge on any atom is 0.223 e. The molecule has 2 aliphatic rings. The highest BCUT2D eigenvalue weighted by atomic mass is 16.2. The predicted molar refractivity (Wildman–Crippen MR) is 82.4 cm³/mol. The molecule has 2 aromatic rings. The van der Waals surface area contributed by atoms with E-state index in [9.17, 15) is 4.79 Å². The number of hydrogen-bond donors (Lipinski definition) is 1. The number of aromatic nitrogens is 4. The second-order valence-electron chi connectivity index (χ2n) is 6.27. The highest BCUT2D eigenvalue weighted by Gasteiger charge is 2.32. The minimum Gasteiger partial charge on any atom is -0.354 e. The van der Waals surface area contributed by atoms with Gasteiger partial charge < -0.3 is 10.2 Å². The smallest absolute Gasteiger partial charge is 0.223 e. The van der Waals surface area contributed by atoms with Crippen LogP contribution < -0.4 is 10.2 Å². The van der Waals surface area contributed by atoms with Crippen LogP contribution >= 0.6 is 0 Å². The van der Waals surface area contributed by atoms with E-state index in [1.54, 1.807) is 11.0 Å². The van der Waals surface area contributed by atoms with E-state index in [-0.39, 0.29) is 17.9 Å². The minimum atomic E-state index is 0.212. The van der Waals surface area contributed by atoms with E-state index < -0.39 is 0 Å². The van der Waals surface area contributed by atoms with E-state index in [1.165, 1.54) is 0 Å². The third-order valence-corrected chi connectivity index (χ3v) is 4.52. The van der Waals surface area contributed by atoms with Gasteiger partial charge in [-0.1, -0.05) is 0 Å². The quantitative estimate of drug-likeness (QED) is 0.910. The Morgan fingerprint density at radius 1 is 1.32 bits per heavy atom. The van der Waals surface area contributed by atoms with Crippen LogP contribution in [0.3, 0.4) is 0 Å². The van der Waals surface area contributed by atoms with Crippen molar-refractivity contribution in [3.63, 3.8) is 0 Å². The molecule has 2 fully saturated rings. The number of fused-ring (bicyclic) bond motifs is 1. The highest BCUT2D eigenvalue weighted by Crippen LogP contribution is 2.30. The second kappa shape index (κ2) is 5.23. The molecule has 2 aromatic heterocycles. The van der Waals surface area contributed by atoms with E-state index in [2.05, 4.69) is 25.3 Å². The maximum atomic E-state index is 12.0. The van der Waals surface area contributed by atoms with Crippen molar-refractivity contribution >= 4 is 22.8 Å². The van der Waals surface area contributed by atoms with Gasteiger partial charge in [0.15, 0.2) is 5.65 Å². The summed E-state index contributed by atoms with van der Waals surface area (Å²) in [5, 5.41) is 8.43. The van der Waals surface area contributed by atoms with E-state index >= 15 is 0 Å². The number of aryl methyl sites for hydroxylation is 1. The van der Waals surface area contributed by atoms with Crippen molar-refractivity contribution < 1.29 is 4.79 Å². The lowest BCUT2D eigenvalue weighted by Gasteiger charge is -2.34. The molecule has 1 atom stereocenters. The fourth-order valence-electron chi connectivity index (χ4n) is 3.15. The van der Waals surface area contributed by atoms with Gasteiger partial charge in [0, 0.05) is 32.1 Å². The number of hydrogen-bond acceptors (Lipinski definition) is 5. The lowest BCUT2D eigenvalue weighted by Crippen LogP contribution is -2.48. The van der Waals surface area contributed by atoms with Gasteiger partial charge in [-0.3, -0.25) is 9.48 Å². The number of carbonyl (C=O) groups is 1. The summed E-state index contributed by atoms with van der Waals surface area (Å²) in [5.74, 6) is 1.41. The molecule has 1 aliphatic carbocycles. The third kappa shape index (κ3) is 2.40. The zero-order chi connectivity index (χ0) is 15.1. The number of nitrogens with one attached hydrogen (secondary N) is 1. The minimum absolute atomic E-state index is 0.212. The van der Waals surface area contributed by atoms with Crippen molar-refractivity contribution in [1.29, 1.82) is 0 Å². The molecule has 0 bridgehead atoms. The summed E-state index contributed by atoms with van der Waals surface area (Å²) in [4.78, 5) is 22.9. The lowest BCUT2D eigenvalue weighted by molar-refractivity contribution is -0.123. The zero-order valence-corrected chi connectivity index (χ0v) is 12.7. The molecule has 116 valence electrons. The summed E-state index contributed by atoms with van der Waals surface area (Å²) in [6.45, 7) is 1.76. The van der Waals surface area contributed by atoms with Crippen molar-refractivity contribution in [2.24, 2.45) is 13.0 Å².